The summed E-state index contributed by atoms with van der Waals surface area (Å²) >= 11 is 0. The summed E-state index contributed by atoms with van der Waals surface area (Å²) in [4.78, 5) is 37.0. The first-order valence-electron chi connectivity index (χ1n) is 6.55. The van der Waals surface area contributed by atoms with Gasteiger partial charge in [-0.25, -0.2) is 0 Å². The summed E-state index contributed by atoms with van der Waals surface area (Å²) in [6.45, 7) is 3.81. The molecule has 5 heteroatoms. The maximum absolute atomic E-state index is 12.6. The van der Waals surface area contributed by atoms with Gasteiger partial charge < -0.3 is 5.11 Å². The molecule has 1 N–H and O–H groups in total. The molecule has 2 rings (SSSR count). The molecule has 0 aromatic heterocycles. The summed E-state index contributed by atoms with van der Waals surface area (Å²) in [6, 6.07) is 7.15. The molecule has 106 valence electrons. The van der Waals surface area contributed by atoms with E-state index in [0.29, 0.717) is 5.56 Å². The predicted molar refractivity (Wildman–Crippen MR) is 72.1 cm³/mol. The zero-order valence-electron chi connectivity index (χ0n) is 11.5. The third kappa shape index (κ3) is 2.09. The van der Waals surface area contributed by atoms with Crippen molar-refractivity contribution < 1.29 is 19.5 Å². The maximum atomic E-state index is 12.6. The molecule has 1 aromatic rings. The summed E-state index contributed by atoms with van der Waals surface area (Å²) < 4.78 is 0. The van der Waals surface area contributed by atoms with Gasteiger partial charge in [-0.3, -0.25) is 19.3 Å². The van der Waals surface area contributed by atoms with Crippen molar-refractivity contribution >= 4 is 17.8 Å². The Hall–Kier alpha value is -2.17. The highest BCUT2D eigenvalue weighted by molar-refractivity contribution is 6.10. The Balaban J connectivity index is 2.59. The van der Waals surface area contributed by atoms with Gasteiger partial charge in [0.2, 0.25) is 11.8 Å². The van der Waals surface area contributed by atoms with Crippen molar-refractivity contribution in [3.05, 3.63) is 35.4 Å². The fourth-order valence-corrected chi connectivity index (χ4v) is 2.93. The van der Waals surface area contributed by atoms with Crippen molar-refractivity contribution in [1.29, 1.82) is 0 Å². The van der Waals surface area contributed by atoms with E-state index in [4.69, 9.17) is 0 Å². The number of benzene rings is 1. The third-order valence-electron chi connectivity index (χ3n) is 3.84. The number of nitrogens with zero attached hydrogens (tertiary/aromatic N) is 1. The van der Waals surface area contributed by atoms with Crippen LogP contribution < -0.4 is 0 Å². The molecule has 0 aliphatic carbocycles. The molecule has 1 aliphatic rings. The van der Waals surface area contributed by atoms with Crippen LogP contribution in [0.5, 0.6) is 0 Å². The molecular weight excluding hydrogens is 258 g/mol. The zero-order chi connectivity index (χ0) is 14.9. The summed E-state index contributed by atoms with van der Waals surface area (Å²) in [6.07, 6.45) is -0.435. The number of hydrogen-bond acceptors (Lipinski definition) is 3. The van der Waals surface area contributed by atoms with E-state index in [1.807, 2.05) is 19.1 Å². The number of amides is 2. The second-order valence-corrected chi connectivity index (χ2v) is 5.09. The normalized spacial score (nSPS) is 22.4. The molecule has 1 fully saturated rings. The van der Waals surface area contributed by atoms with E-state index in [2.05, 4.69) is 0 Å². The SMILES string of the molecule is CCN1C(=O)C[C@](CC(=O)O)(c2ccccc2C)C1=O. The minimum Gasteiger partial charge on any atom is -0.481 e. The first-order chi connectivity index (χ1) is 9.42. The molecule has 1 saturated heterocycles. The van der Waals surface area contributed by atoms with Crippen LogP contribution in [0.3, 0.4) is 0 Å². The van der Waals surface area contributed by atoms with Gasteiger partial charge in [0.15, 0.2) is 0 Å². The minimum atomic E-state index is -1.26. The Morgan fingerprint density at radius 2 is 2.00 bits per heavy atom. The number of hydrogen-bond donors (Lipinski definition) is 1. The highest BCUT2D eigenvalue weighted by Gasteiger charge is 2.53. The molecule has 1 heterocycles. The summed E-state index contributed by atoms with van der Waals surface area (Å²) in [5.74, 6) is -1.78. The van der Waals surface area contributed by atoms with Crippen LogP contribution in [0.1, 0.15) is 30.9 Å². The van der Waals surface area contributed by atoms with Crippen molar-refractivity contribution in [2.45, 2.75) is 32.1 Å². The molecular formula is C15H17NO4. The van der Waals surface area contributed by atoms with Crippen molar-refractivity contribution in [3.63, 3.8) is 0 Å². The van der Waals surface area contributed by atoms with Gasteiger partial charge in [0.25, 0.3) is 0 Å². The standard InChI is InChI=1S/C15H17NO4/c1-3-16-12(17)8-15(14(16)20,9-13(18)19)11-7-5-4-6-10(11)2/h4-7H,3,8-9H2,1-2H3,(H,18,19)/t15-/m0/s1. The quantitative estimate of drug-likeness (QED) is 0.845. The molecule has 0 unspecified atom stereocenters. The number of aryl methyl sites for hydroxylation is 1. The second-order valence-electron chi connectivity index (χ2n) is 5.09. The van der Waals surface area contributed by atoms with E-state index in [0.717, 1.165) is 10.5 Å². The first-order valence-corrected chi connectivity index (χ1v) is 6.55. The monoisotopic (exact) mass is 275 g/mol. The van der Waals surface area contributed by atoms with Crippen LogP contribution in [-0.2, 0) is 19.8 Å². The Bertz CT molecular complexity index is 581. The number of carbonyl (C=O) groups excluding carboxylic acids is 2. The first kappa shape index (κ1) is 14.2. The van der Waals surface area contributed by atoms with Gasteiger partial charge in [-0.1, -0.05) is 24.3 Å². The molecule has 0 saturated carbocycles. The molecule has 20 heavy (non-hydrogen) atoms. The van der Waals surface area contributed by atoms with Gasteiger partial charge in [-0.2, -0.15) is 0 Å². The van der Waals surface area contributed by atoms with Crippen LogP contribution in [0.2, 0.25) is 0 Å². The number of likely N-dealkylation sites (tertiary alicyclic amines) is 1. The van der Waals surface area contributed by atoms with Crippen LogP contribution in [0.25, 0.3) is 0 Å². The number of carboxylic acids is 1. The predicted octanol–water partition coefficient (Wildman–Crippen LogP) is 1.49. The number of imide groups is 1. The second kappa shape index (κ2) is 5.07. The maximum Gasteiger partial charge on any atom is 0.304 e. The molecule has 1 aromatic carbocycles. The fourth-order valence-electron chi connectivity index (χ4n) is 2.93. The number of likely N-dealkylation sites (N-methyl/N-ethyl adjacent to an activating group) is 1. The highest BCUT2D eigenvalue weighted by atomic mass is 16.4. The van der Waals surface area contributed by atoms with E-state index in [1.165, 1.54) is 0 Å². The molecule has 2 amide bonds. The van der Waals surface area contributed by atoms with Gasteiger partial charge >= 0.3 is 5.97 Å². The topological polar surface area (TPSA) is 74.7 Å². The average molecular weight is 275 g/mol. The van der Waals surface area contributed by atoms with Crippen molar-refractivity contribution in [1.82, 2.24) is 4.90 Å². The van der Waals surface area contributed by atoms with Crippen LogP contribution in [-0.4, -0.2) is 34.3 Å². The average Bonchev–Trinajstić information content (AvgIpc) is 2.61. The van der Waals surface area contributed by atoms with E-state index in [-0.39, 0.29) is 25.3 Å². The highest BCUT2D eigenvalue weighted by Crippen LogP contribution is 2.41. The van der Waals surface area contributed by atoms with E-state index in [1.54, 1.807) is 19.1 Å². The number of carboxylic acid groups (broad SMARTS) is 1. The summed E-state index contributed by atoms with van der Waals surface area (Å²) in [7, 11) is 0. The van der Waals surface area contributed by atoms with Crippen LogP contribution in [0.15, 0.2) is 24.3 Å². The molecule has 0 radical (unpaired) electrons. The van der Waals surface area contributed by atoms with E-state index in [9.17, 15) is 19.5 Å². The zero-order valence-corrected chi connectivity index (χ0v) is 11.5. The summed E-state index contributed by atoms with van der Waals surface area (Å²) in [5.41, 5.74) is 0.203. The number of carbonyl (C=O) groups is 3. The Morgan fingerprint density at radius 1 is 1.35 bits per heavy atom. The Kier molecular flexibility index (Phi) is 3.61. The largest absolute Gasteiger partial charge is 0.481 e. The van der Waals surface area contributed by atoms with Gasteiger partial charge in [0.1, 0.15) is 0 Å². The molecule has 1 atom stereocenters. The van der Waals surface area contributed by atoms with Gasteiger partial charge in [0.05, 0.1) is 11.8 Å². The lowest BCUT2D eigenvalue weighted by Gasteiger charge is -2.27. The molecule has 5 nitrogen and oxygen atoms in total. The van der Waals surface area contributed by atoms with Gasteiger partial charge in [0, 0.05) is 13.0 Å². The number of rotatable bonds is 4. The van der Waals surface area contributed by atoms with Crippen LogP contribution in [0.4, 0.5) is 0 Å². The molecule has 0 bridgehead atoms. The lowest BCUT2D eigenvalue weighted by molar-refractivity contribution is -0.144. The Labute approximate surface area is 117 Å². The van der Waals surface area contributed by atoms with Gasteiger partial charge in [-0.05, 0) is 25.0 Å². The summed E-state index contributed by atoms with van der Waals surface area (Å²) in [5, 5.41) is 9.17. The van der Waals surface area contributed by atoms with E-state index < -0.39 is 17.3 Å². The lowest BCUT2D eigenvalue weighted by atomic mass is 9.74. The molecule has 1 aliphatic heterocycles. The van der Waals surface area contributed by atoms with Gasteiger partial charge in [-0.15, -0.1) is 0 Å². The van der Waals surface area contributed by atoms with E-state index >= 15 is 0 Å². The number of aliphatic carboxylic acids is 1. The lowest BCUT2D eigenvalue weighted by Crippen LogP contribution is -2.40. The van der Waals surface area contributed by atoms with Crippen LogP contribution in [0, 0.1) is 6.92 Å². The minimum absolute atomic E-state index is 0.0726. The van der Waals surface area contributed by atoms with Crippen molar-refractivity contribution in [2.75, 3.05) is 6.54 Å². The Morgan fingerprint density at radius 3 is 2.50 bits per heavy atom. The van der Waals surface area contributed by atoms with Crippen LogP contribution >= 0.6 is 0 Å². The fraction of sp³-hybridized carbons (Fsp3) is 0.400. The molecule has 0 spiro atoms. The third-order valence-corrected chi connectivity index (χ3v) is 3.84. The van der Waals surface area contributed by atoms with Crippen molar-refractivity contribution in [3.8, 4) is 0 Å². The van der Waals surface area contributed by atoms with Crippen molar-refractivity contribution in [2.24, 2.45) is 0 Å². The smallest absolute Gasteiger partial charge is 0.304 e.